The quantitative estimate of drug-likeness (QED) is 0.0824. The van der Waals surface area contributed by atoms with E-state index in [0.717, 1.165) is 12.8 Å². The molecule has 13 heteroatoms. The third kappa shape index (κ3) is 9.21. The highest BCUT2D eigenvalue weighted by Crippen LogP contribution is 2.39. The van der Waals surface area contributed by atoms with Crippen LogP contribution in [-0.2, 0) is 28.5 Å². The van der Waals surface area contributed by atoms with Gasteiger partial charge in [-0.25, -0.2) is 4.79 Å². The van der Waals surface area contributed by atoms with Crippen LogP contribution < -0.4 is 5.32 Å². The largest absolute Gasteiger partial charge is 0.458 e. The summed E-state index contributed by atoms with van der Waals surface area (Å²) >= 11 is 0. The second-order valence-electron chi connectivity index (χ2n) is 15.2. The summed E-state index contributed by atoms with van der Waals surface area (Å²) in [5, 5.41) is 7.28. The first-order valence-corrected chi connectivity index (χ1v) is 18.0. The van der Waals surface area contributed by atoms with Crippen molar-refractivity contribution in [2.45, 2.75) is 143 Å². The van der Waals surface area contributed by atoms with E-state index in [-0.39, 0.29) is 41.7 Å². The second kappa shape index (κ2) is 17.5. The molecule has 0 saturated carbocycles. The second-order valence-corrected chi connectivity index (χ2v) is 15.2. The van der Waals surface area contributed by atoms with Crippen LogP contribution in [0.3, 0.4) is 0 Å². The summed E-state index contributed by atoms with van der Waals surface area (Å²) in [5.41, 5.74) is 7.47. The van der Waals surface area contributed by atoms with Gasteiger partial charge in [0.1, 0.15) is 12.0 Å². The van der Waals surface area contributed by atoms with Crippen molar-refractivity contribution in [2.75, 3.05) is 33.7 Å². The molecule has 0 aromatic carbocycles. The number of ketones is 1. The van der Waals surface area contributed by atoms with Crippen LogP contribution >= 0.6 is 0 Å². The van der Waals surface area contributed by atoms with Gasteiger partial charge in [-0.15, -0.1) is 0 Å². The van der Waals surface area contributed by atoms with Crippen molar-refractivity contribution in [1.29, 1.82) is 0 Å². The molecule has 0 radical (unpaired) electrons. The summed E-state index contributed by atoms with van der Waals surface area (Å²) in [6.45, 7) is 19.1. The third-order valence-corrected chi connectivity index (χ3v) is 11.0. The Morgan fingerprint density at radius 3 is 2.40 bits per heavy atom. The van der Waals surface area contributed by atoms with Crippen LogP contribution in [0, 0.1) is 29.6 Å². The zero-order valence-corrected chi connectivity index (χ0v) is 31.2. The van der Waals surface area contributed by atoms with Gasteiger partial charge < -0.3 is 29.2 Å². The maximum atomic E-state index is 14.1. The highest BCUT2D eigenvalue weighted by atomic mass is 16.7. The summed E-state index contributed by atoms with van der Waals surface area (Å²) in [6, 6.07) is -0.387. The van der Waals surface area contributed by atoms with Crippen LogP contribution in [-0.4, -0.2) is 110 Å². The van der Waals surface area contributed by atoms with Gasteiger partial charge in [-0.2, -0.15) is 0 Å². The number of hydrogen-bond acceptors (Lipinski definition) is 10. The molecule has 0 spiro atoms. The Labute approximate surface area is 287 Å². The third-order valence-electron chi connectivity index (χ3n) is 11.0. The monoisotopic (exact) mass is 678 g/mol. The molecule has 48 heavy (non-hydrogen) atoms. The van der Waals surface area contributed by atoms with Crippen molar-refractivity contribution in [1.82, 2.24) is 15.1 Å². The Bertz CT molecular complexity index is 1150. The molecule has 3 unspecified atom stereocenters. The van der Waals surface area contributed by atoms with E-state index >= 15 is 0 Å². The lowest BCUT2D eigenvalue weighted by atomic mass is 9.81. The standard InChI is InChI=1S/C35H62N6O7/c1-12-28-35(9)31(41(34(44)48-35)16-14-13-15-38-39-36)26(8)37-19-20(2)17-21(3)30(24(6)29(42)25(7)32(43)46-28)47-33-23(5)27(40(10)11)18-22(4)45-33/h20-28,30-31,33,37H,12-19H2,1-11H3/t20-,21+,22?,23?,24+,25-,26-,27?,28-,30+,31-,33+,35-/m1/s1. The minimum Gasteiger partial charge on any atom is -0.458 e. The highest BCUT2D eigenvalue weighted by Gasteiger charge is 2.58. The lowest BCUT2D eigenvalue weighted by Crippen LogP contribution is -2.60. The number of azide groups is 1. The van der Waals surface area contributed by atoms with Gasteiger partial charge in [0.05, 0.1) is 18.2 Å². The number of esters is 1. The number of Topliss-reactive ketones (excluding diaryl/α,β-unsaturated/α-hetero) is 1. The molecule has 13 atom stereocenters. The Kier molecular flexibility index (Phi) is 14.6. The fourth-order valence-corrected chi connectivity index (χ4v) is 8.24. The highest BCUT2D eigenvalue weighted by molar-refractivity contribution is 6.00. The van der Waals surface area contributed by atoms with Crippen LogP contribution in [0.25, 0.3) is 10.4 Å². The normalized spacial score (nSPS) is 40.3. The van der Waals surface area contributed by atoms with Gasteiger partial charge in [0.2, 0.25) is 0 Å². The first-order valence-electron chi connectivity index (χ1n) is 18.0. The van der Waals surface area contributed by atoms with Crippen molar-refractivity contribution >= 4 is 17.8 Å². The first-order chi connectivity index (χ1) is 22.6. The van der Waals surface area contributed by atoms with E-state index in [2.05, 4.69) is 62.0 Å². The van der Waals surface area contributed by atoms with Crippen LogP contribution in [0.15, 0.2) is 5.11 Å². The Hall–Kier alpha value is -2.44. The van der Waals surface area contributed by atoms with Crippen molar-refractivity contribution in [2.24, 2.45) is 34.7 Å². The van der Waals surface area contributed by atoms with Gasteiger partial charge in [0, 0.05) is 41.9 Å². The molecular formula is C35H62N6O7. The van der Waals surface area contributed by atoms with Crippen LogP contribution in [0.4, 0.5) is 4.79 Å². The van der Waals surface area contributed by atoms with Gasteiger partial charge in [0.25, 0.3) is 0 Å². The maximum absolute atomic E-state index is 14.1. The Balaban J connectivity index is 1.94. The predicted octanol–water partition coefficient (Wildman–Crippen LogP) is 5.56. The molecular weight excluding hydrogens is 616 g/mol. The Morgan fingerprint density at radius 1 is 1.08 bits per heavy atom. The number of ether oxygens (including phenoxy) is 4. The average Bonchev–Trinajstić information content (AvgIpc) is 3.29. The Morgan fingerprint density at radius 2 is 1.77 bits per heavy atom. The number of carbonyl (C=O) groups is 3. The SMILES string of the molecule is CC[C@H]1OC(=O)[C@H](C)C(=O)[C@H](C)[C@@H](O[C@@H]2OC(C)CC(N(C)C)C2C)[C@@H](C)C[C@@H](C)CN[C@H](C)[C@H]2N(CCCCN=[N+]=[N-])C(=O)O[C@]12C. The molecule has 0 aromatic rings. The van der Waals surface area contributed by atoms with E-state index < -0.39 is 54.0 Å². The topological polar surface area (TPSA) is 155 Å². The number of carbonyl (C=O) groups excluding carboxylic acids is 3. The lowest BCUT2D eigenvalue weighted by molar-refractivity contribution is -0.259. The summed E-state index contributed by atoms with van der Waals surface area (Å²) in [5.74, 6) is -2.24. The number of nitrogens with zero attached hydrogens (tertiary/aromatic N) is 5. The predicted molar refractivity (Wildman–Crippen MR) is 183 cm³/mol. The smallest absolute Gasteiger partial charge is 0.410 e. The van der Waals surface area contributed by atoms with E-state index in [4.69, 9.17) is 24.5 Å². The summed E-state index contributed by atoms with van der Waals surface area (Å²) in [4.78, 5) is 47.9. The fraction of sp³-hybridized carbons (Fsp3) is 0.914. The first kappa shape index (κ1) is 40.0. The molecule has 13 nitrogen and oxygen atoms in total. The molecule has 1 amide bonds. The molecule has 0 aromatic heterocycles. The van der Waals surface area contributed by atoms with Gasteiger partial charge in [0.15, 0.2) is 17.7 Å². The summed E-state index contributed by atoms with van der Waals surface area (Å²) in [7, 11) is 4.14. The number of fused-ring (bicyclic) bond motifs is 1. The van der Waals surface area contributed by atoms with Gasteiger partial charge in [-0.05, 0) is 97.8 Å². The molecule has 274 valence electrons. The molecule has 3 saturated heterocycles. The van der Waals surface area contributed by atoms with Gasteiger partial charge >= 0.3 is 12.1 Å². The molecule has 3 rings (SSSR count). The van der Waals surface area contributed by atoms with Crippen molar-refractivity contribution in [3.05, 3.63) is 10.4 Å². The fourth-order valence-electron chi connectivity index (χ4n) is 8.24. The number of rotatable bonds is 9. The number of nitrogens with one attached hydrogen (secondary N) is 1. The molecule has 0 bridgehead atoms. The number of hydrogen-bond donors (Lipinski definition) is 1. The number of cyclic esters (lactones) is 1. The van der Waals surface area contributed by atoms with E-state index in [1.54, 1.807) is 11.8 Å². The van der Waals surface area contributed by atoms with E-state index in [1.807, 2.05) is 27.7 Å². The van der Waals surface area contributed by atoms with E-state index in [1.165, 1.54) is 0 Å². The van der Waals surface area contributed by atoms with Crippen LogP contribution in [0.2, 0.25) is 0 Å². The number of unbranched alkanes of at least 4 members (excludes halogenated alkanes) is 1. The van der Waals surface area contributed by atoms with Crippen molar-refractivity contribution in [3.8, 4) is 0 Å². The average molecular weight is 679 g/mol. The van der Waals surface area contributed by atoms with E-state index in [0.29, 0.717) is 38.9 Å². The van der Waals surface area contributed by atoms with Crippen molar-refractivity contribution < 1.29 is 33.3 Å². The van der Waals surface area contributed by atoms with E-state index in [9.17, 15) is 14.4 Å². The maximum Gasteiger partial charge on any atom is 0.410 e. The zero-order valence-electron chi connectivity index (χ0n) is 31.2. The van der Waals surface area contributed by atoms with Crippen molar-refractivity contribution in [3.63, 3.8) is 0 Å². The molecule has 3 aliphatic heterocycles. The van der Waals surface area contributed by atoms with Gasteiger partial charge in [-0.1, -0.05) is 39.7 Å². The number of amides is 1. The van der Waals surface area contributed by atoms with Crippen LogP contribution in [0.1, 0.15) is 94.4 Å². The summed E-state index contributed by atoms with van der Waals surface area (Å²) < 4.78 is 25.3. The zero-order chi connectivity index (χ0) is 35.9. The summed E-state index contributed by atoms with van der Waals surface area (Å²) in [6.07, 6.45) is 1.10. The molecule has 3 fully saturated rings. The molecule has 1 N–H and O–H groups in total. The molecule has 3 heterocycles. The minimum atomic E-state index is -1.16. The molecule has 3 aliphatic rings. The van der Waals surface area contributed by atoms with Gasteiger partial charge in [-0.3, -0.25) is 14.5 Å². The lowest BCUT2D eigenvalue weighted by Gasteiger charge is -2.44. The van der Waals surface area contributed by atoms with Crippen LogP contribution in [0.5, 0.6) is 0 Å². The molecule has 0 aliphatic carbocycles. The minimum absolute atomic E-state index is 0.00666.